The maximum Gasteiger partial charge on any atom is 0.142 e. The number of aliphatic imine (C=N–C) groups is 1. The Morgan fingerprint density at radius 1 is 1.50 bits per heavy atom. The Bertz CT molecular complexity index is 423. The van der Waals surface area contributed by atoms with Gasteiger partial charge in [-0.2, -0.15) is 0 Å². The smallest absolute Gasteiger partial charge is 0.142 e. The molecule has 0 aliphatic carbocycles. The van der Waals surface area contributed by atoms with Crippen LogP contribution in [0.3, 0.4) is 0 Å². The third-order valence-electron chi connectivity index (χ3n) is 2.53. The van der Waals surface area contributed by atoms with Gasteiger partial charge in [0.2, 0.25) is 0 Å². The van der Waals surface area contributed by atoms with Gasteiger partial charge >= 0.3 is 0 Å². The van der Waals surface area contributed by atoms with E-state index in [-0.39, 0.29) is 17.7 Å². The van der Waals surface area contributed by atoms with Gasteiger partial charge in [0.15, 0.2) is 0 Å². The molecule has 0 aromatic heterocycles. The molecule has 0 saturated carbocycles. The summed E-state index contributed by atoms with van der Waals surface area (Å²) in [6.45, 7) is 4.71. The monoisotopic (exact) mass is 272 g/mol. The van der Waals surface area contributed by atoms with Gasteiger partial charge in [-0.1, -0.05) is 30.7 Å². The minimum Gasteiger partial charge on any atom is -0.385 e. The van der Waals surface area contributed by atoms with E-state index in [1.807, 2.05) is 13.8 Å². The second kappa shape index (κ2) is 7.34. The van der Waals surface area contributed by atoms with Crippen molar-refractivity contribution in [3.8, 4) is 0 Å². The highest BCUT2D eigenvalue weighted by molar-refractivity contribution is 6.31. The predicted octanol–water partition coefficient (Wildman–Crippen LogP) is 3.15. The van der Waals surface area contributed by atoms with E-state index in [2.05, 4.69) is 4.99 Å². The van der Waals surface area contributed by atoms with E-state index in [1.165, 1.54) is 6.07 Å². The van der Waals surface area contributed by atoms with E-state index in [0.29, 0.717) is 18.0 Å². The zero-order valence-electron chi connectivity index (χ0n) is 10.6. The van der Waals surface area contributed by atoms with E-state index in [4.69, 9.17) is 22.1 Å². The quantitative estimate of drug-likeness (QED) is 0.639. The van der Waals surface area contributed by atoms with Crippen LogP contribution in [-0.2, 0) is 11.3 Å². The van der Waals surface area contributed by atoms with Crippen LogP contribution in [-0.4, -0.2) is 18.5 Å². The molecular weight excluding hydrogens is 255 g/mol. The summed E-state index contributed by atoms with van der Waals surface area (Å²) >= 11 is 5.83. The maximum absolute atomic E-state index is 13.2. The summed E-state index contributed by atoms with van der Waals surface area (Å²) in [6.07, 6.45) is 0.558. The Morgan fingerprint density at radius 2 is 2.22 bits per heavy atom. The number of ether oxygens (including phenoxy) is 1. The molecule has 0 amide bonds. The molecule has 2 N–H and O–H groups in total. The molecule has 1 unspecified atom stereocenters. The molecule has 1 rings (SSSR count). The number of benzene rings is 1. The first-order valence-electron chi connectivity index (χ1n) is 5.94. The molecule has 0 bridgehead atoms. The van der Waals surface area contributed by atoms with E-state index >= 15 is 0 Å². The van der Waals surface area contributed by atoms with Gasteiger partial charge in [-0.15, -0.1) is 0 Å². The minimum atomic E-state index is -0.445. The molecule has 0 spiro atoms. The van der Waals surface area contributed by atoms with E-state index < -0.39 is 5.82 Å². The lowest BCUT2D eigenvalue weighted by molar-refractivity contribution is 0.106. The van der Waals surface area contributed by atoms with Crippen molar-refractivity contribution in [3.63, 3.8) is 0 Å². The van der Waals surface area contributed by atoms with Crippen LogP contribution < -0.4 is 5.73 Å². The zero-order chi connectivity index (χ0) is 13.5. The number of rotatable bonds is 6. The van der Waals surface area contributed by atoms with E-state index in [1.54, 1.807) is 12.1 Å². The lowest BCUT2D eigenvalue weighted by Gasteiger charge is -2.14. The molecule has 18 heavy (non-hydrogen) atoms. The van der Waals surface area contributed by atoms with Crippen molar-refractivity contribution in [3.05, 3.63) is 34.6 Å². The Balaban J connectivity index is 2.75. The van der Waals surface area contributed by atoms with Gasteiger partial charge in [-0.3, -0.25) is 4.99 Å². The van der Waals surface area contributed by atoms with Gasteiger partial charge in [0.1, 0.15) is 17.8 Å². The van der Waals surface area contributed by atoms with Crippen LogP contribution in [0.25, 0.3) is 0 Å². The molecule has 1 atom stereocenters. The third-order valence-corrected chi connectivity index (χ3v) is 2.96. The molecule has 1 aromatic rings. The number of amidine groups is 1. The number of nitrogens with two attached hydrogens (primary N) is 1. The first kappa shape index (κ1) is 14.9. The fraction of sp³-hybridized carbons (Fsp3) is 0.462. The van der Waals surface area contributed by atoms with Gasteiger partial charge in [0, 0.05) is 6.61 Å². The zero-order valence-corrected chi connectivity index (χ0v) is 11.4. The molecular formula is C13H18ClFN2O. The average molecular weight is 273 g/mol. The van der Waals surface area contributed by atoms with Crippen LogP contribution in [0.2, 0.25) is 5.02 Å². The SMILES string of the molecule is CCOC(CC)C(N)=NCc1cccc(F)c1Cl. The number of hydrogen-bond donors (Lipinski definition) is 1. The summed E-state index contributed by atoms with van der Waals surface area (Å²) in [4.78, 5) is 4.20. The van der Waals surface area contributed by atoms with Crippen LogP contribution in [0, 0.1) is 5.82 Å². The molecule has 0 aliphatic heterocycles. The summed E-state index contributed by atoms with van der Waals surface area (Å²) in [5, 5.41) is 0.0958. The molecule has 0 saturated heterocycles. The summed E-state index contributed by atoms with van der Waals surface area (Å²) < 4.78 is 18.6. The third kappa shape index (κ3) is 3.96. The number of hydrogen-bond acceptors (Lipinski definition) is 2. The molecule has 1 aromatic carbocycles. The second-order valence-corrected chi connectivity index (χ2v) is 4.18. The lowest BCUT2D eigenvalue weighted by Crippen LogP contribution is -2.31. The van der Waals surface area contributed by atoms with Crippen molar-refractivity contribution in [2.75, 3.05) is 6.61 Å². The summed E-state index contributed by atoms with van der Waals surface area (Å²) in [5.41, 5.74) is 6.46. The van der Waals surface area contributed by atoms with Crippen LogP contribution in [0.15, 0.2) is 23.2 Å². The van der Waals surface area contributed by atoms with Crippen molar-refractivity contribution in [1.82, 2.24) is 0 Å². The van der Waals surface area contributed by atoms with Gasteiger partial charge in [0.05, 0.1) is 11.6 Å². The molecule has 0 heterocycles. The summed E-state index contributed by atoms with van der Waals surface area (Å²) in [6, 6.07) is 4.64. The topological polar surface area (TPSA) is 47.6 Å². The Hall–Kier alpha value is -1.13. The minimum absolute atomic E-state index is 0.0958. The van der Waals surface area contributed by atoms with Crippen molar-refractivity contribution in [2.24, 2.45) is 10.7 Å². The van der Waals surface area contributed by atoms with Crippen LogP contribution >= 0.6 is 11.6 Å². The van der Waals surface area contributed by atoms with E-state index in [9.17, 15) is 4.39 Å². The first-order valence-corrected chi connectivity index (χ1v) is 6.32. The van der Waals surface area contributed by atoms with Gasteiger partial charge in [0.25, 0.3) is 0 Å². The molecule has 100 valence electrons. The Labute approximate surface area is 112 Å². The largest absolute Gasteiger partial charge is 0.385 e. The molecule has 3 nitrogen and oxygen atoms in total. The Morgan fingerprint density at radius 3 is 2.83 bits per heavy atom. The maximum atomic E-state index is 13.2. The van der Waals surface area contributed by atoms with Crippen LogP contribution in [0.4, 0.5) is 4.39 Å². The van der Waals surface area contributed by atoms with Crippen molar-refractivity contribution in [2.45, 2.75) is 32.9 Å². The van der Waals surface area contributed by atoms with Gasteiger partial charge in [-0.25, -0.2) is 4.39 Å². The second-order valence-electron chi connectivity index (χ2n) is 3.81. The molecule has 5 heteroatoms. The fourth-order valence-electron chi connectivity index (χ4n) is 1.56. The van der Waals surface area contributed by atoms with Crippen molar-refractivity contribution >= 4 is 17.4 Å². The summed E-state index contributed by atoms with van der Waals surface area (Å²) in [7, 11) is 0. The highest BCUT2D eigenvalue weighted by atomic mass is 35.5. The van der Waals surface area contributed by atoms with Crippen LogP contribution in [0.1, 0.15) is 25.8 Å². The average Bonchev–Trinajstić information content (AvgIpc) is 2.37. The molecule has 0 radical (unpaired) electrons. The van der Waals surface area contributed by atoms with E-state index in [0.717, 1.165) is 6.42 Å². The fourth-order valence-corrected chi connectivity index (χ4v) is 1.75. The molecule has 0 fully saturated rings. The van der Waals surface area contributed by atoms with Gasteiger partial charge < -0.3 is 10.5 Å². The standard InChI is InChI=1S/C13H18ClFN2O/c1-3-11(18-4-2)13(16)17-8-9-6-5-7-10(15)12(9)14/h5-7,11H,3-4,8H2,1-2H3,(H2,16,17). The Kier molecular flexibility index (Phi) is 6.09. The highest BCUT2D eigenvalue weighted by Gasteiger charge is 2.11. The molecule has 0 aliphatic rings. The number of nitrogens with zero attached hydrogens (tertiary/aromatic N) is 1. The highest BCUT2D eigenvalue weighted by Crippen LogP contribution is 2.20. The van der Waals surface area contributed by atoms with Crippen LogP contribution in [0.5, 0.6) is 0 Å². The first-order chi connectivity index (χ1) is 8.60. The predicted molar refractivity (Wildman–Crippen MR) is 72.4 cm³/mol. The normalized spacial score (nSPS) is 13.7. The van der Waals surface area contributed by atoms with Gasteiger partial charge in [-0.05, 0) is 25.0 Å². The van der Waals surface area contributed by atoms with Crippen molar-refractivity contribution in [1.29, 1.82) is 0 Å². The van der Waals surface area contributed by atoms with Crippen molar-refractivity contribution < 1.29 is 9.13 Å². The lowest BCUT2D eigenvalue weighted by atomic mass is 10.2. The summed E-state index contributed by atoms with van der Waals surface area (Å²) in [5.74, 6) is -0.0283. The number of halogens is 2.